The Kier molecular flexibility index (Phi) is 7.59. The summed E-state index contributed by atoms with van der Waals surface area (Å²) >= 11 is 0. The molecule has 3 aromatic carbocycles. The van der Waals surface area contributed by atoms with Crippen molar-refractivity contribution in [3.8, 4) is 11.5 Å². The molecule has 202 valence electrons. The predicted octanol–water partition coefficient (Wildman–Crippen LogP) is 5.74. The van der Waals surface area contributed by atoms with Crippen LogP contribution in [0.1, 0.15) is 33.9 Å². The third-order valence-corrected chi connectivity index (χ3v) is 6.80. The van der Waals surface area contributed by atoms with E-state index in [-0.39, 0.29) is 17.7 Å². The fraction of sp³-hybridized carbons (Fsp3) is 0.156. The zero-order chi connectivity index (χ0) is 28.2. The van der Waals surface area contributed by atoms with Crippen LogP contribution in [0.15, 0.2) is 96.8 Å². The van der Waals surface area contributed by atoms with Crippen molar-refractivity contribution in [1.82, 2.24) is 9.88 Å². The first kappa shape index (κ1) is 26.6. The van der Waals surface area contributed by atoms with Crippen molar-refractivity contribution in [2.24, 2.45) is 0 Å². The molecule has 7 nitrogen and oxygen atoms in total. The Morgan fingerprint density at radius 2 is 1.75 bits per heavy atom. The molecule has 4 aromatic rings. The highest BCUT2D eigenvalue weighted by Crippen LogP contribution is 2.43. The molecule has 0 radical (unpaired) electrons. The highest BCUT2D eigenvalue weighted by molar-refractivity contribution is 6.46. The molecule has 5 rings (SSSR count). The van der Waals surface area contributed by atoms with Gasteiger partial charge in [0.05, 0.1) is 18.7 Å². The monoisotopic (exact) mass is 538 g/mol. The van der Waals surface area contributed by atoms with Gasteiger partial charge < -0.3 is 19.5 Å². The van der Waals surface area contributed by atoms with Crippen molar-refractivity contribution in [2.75, 3.05) is 7.11 Å². The van der Waals surface area contributed by atoms with Crippen LogP contribution in [0.5, 0.6) is 11.5 Å². The van der Waals surface area contributed by atoms with Crippen LogP contribution >= 0.6 is 0 Å². The van der Waals surface area contributed by atoms with Crippen molar-refractivity contribution in [1.29, 1.82) is 0 Å². The van der Waals surface area contributed by atoms with Gasteiger partial charge in [-0.2, -0.15) is 0 Å². The summed E-state index contributed by atoms with van der Waals surface area (Å²) in [5.74, 6) is -1.78. The van der Waals surface area contributed by atoms with Gasteiger partial charge in [-0.25, -0.2) is 4.39 Å². The van der Waals surface area contributed by atoms with Crippen LogP contribution in [0.2, 0.25) is 0 Å². The number of pyridine rings is 1. The van der Waals surface area contributed by atoms with Crippen molar-refractivity contribution in [3.63, 3.8) is 0 Å². The second kappa shape index (κ2) is 11.4. The Morgan fingerprint density at radius 1 is 0.975 bits per heavy atom. The van der Waals surface area contributed by atoms with Crippen molar-refractivity contribution >= 4 is 17.4 Å². The second-order valence-electron chi connectivity index (χ2n) is 9.44. The number of carbonyl (C=O) groups is 2. The highest BCUT2D eigenvalue weighted by Gasteiger charge is 2.46. The van der Waals surface area contributed by atoms with Gasteiger partial charge in [-0.1, -0.05) is 54.6 Å². The number of rotatable bonds is 8. The summed E-state index contributed by atoms with van der Waals surface area (Å²) in [7, 11) is 1.50. The number of amides is 1. The van der Waals surface area contributed by atoms with Gasteiger partial charge in [0.15, 0.2) is 11.5 Å². The first-order chi connectivity index (χ1) is 19.4. The molecule has 1 unspecified atom stereocenters. The van der Waals surface area contributed by atoms with E-state index in [1.54, 1.807) is 49.6 Å². The first-order valence-corrected chi connectivity index (χ1v) is 12.7. The summed E-state index contributed by atoms with van der Waals surface area (Å²) in [6.45, 7) is 1.98. The number of aliphatic hydroxyl groups excluding tert-OH is 1. The Hall–Kier alpha value is -4.98. The number of aromatic nitrogens is 1. The van der Waals surface area contributed by atoms with E-state index in [1.165, 1.54) is 24.1 Å². The third-order valence-electron chi connectivity index (χ3n) is 6.80. The lowest BCUT2D eigenvalue weighted by atomic mass is 9.94. The van der Waals surface area contributed by atoms with E-state index in [0.717, 1.165) is 11.6 Å². The van der Waals surface area contributed by atoms with Gasteiger partial charge >= 0.3 is 0 Å². The Bertz CT molecular complexity index is 1590. The zero-order valence-corrected chi connectivity index (χ0v) is 22.0. The SMILES string of the molecule is COc1cc(C2/C(=C(\O)c3ccc(C)c(F)c3)C(=O)C(=O)N2Cc2cccnc2)ccc1OCc1ccccc1. The summed E-state index contributed by atoms with van der Waals surface area (Å²) in [5, 5.41) is 11.3. The molecule has 1 aromatic heterocycles. The maximum atomic E-state index is 14.4. The summed E-state index contributed by atoms with van der Waals surface area (Å²) < 4.78 is 26.0. The van der Waals surface area contributed by atoms with E-state index < -0.39 is 29.3 Å². The molecule has 1 aliphatic heterocycles. The van der Waals surface area contributed by atoms with E-state index in [0.29, 0.717) is 34.8 Å². The second-order valence-corrected chi connectivity index (χ2v) is 9.44. The van der Waals surface area contributed by atoms with Crippen molar-refractivity contribution < 1.29 is 28.6 Å². The van der Waals surface area contributed by atoms with Crippen molar-refractivity contribution in [3.05, 3.63) is 130 Å². The fourth-order valence-corrected chi connectivity index (χ4v) is 4.68. The number of carbonyl (C=O) groups excluding carboxylic acids is 2. The minimum absolute atomic E-state index is 0.0662. The maximum absolute atomic E-state index is 14.4. The molecule has 1 amide bonds. The lowest BCUT2D eigenvalue weighted by Gasteiger charge is -2.26. The molecular weight excluding hydrogens is 511 g/mol. The summed E-state index contributed by atoms with van der Waals surface area (Å²) in [4.78, 5) is 32.2. The molecule has 0 aliphatic carbocycles. The average molecular weight is 539 g/mol. The third kappa shape index (κ3) is 5.29. The number of likely N-dealkylation sites (tertiary alicyclic amines) is 1. The zero-order valence-electron chi connectivity index (χ0n) is 22.0. The van der Waals surface area contributed by atoms with Gasteiger partial charge in [0.2, 0.25) is 0 Å². The highest BCUT2D eigenvalue weighted by atomic mass is 19.1. The number of methoxy groups -OCH3 is 1. The molecule has 2 heterocycles. The first-order valence-electron chi connectivity index (χ1n) is 12.7. The van der Waals surface area contributed by atoms with E-state index in [4.69, 9.17) is 9.47 Å². The molecule has 8 heteroatoms. The van der Waals surface area contributed by atoms with E-state index >= 15 is 0 Å². The molecule has 0 bridgehead atoms. The number of Topliss-reactive ketones (excluding diaryl/α,β-unsaturated/α-hetero) is 1. The number of hydrogen-bond acceptors (Lipinski definition) is 6. The number of ketones is 1. The molecule has 40 heavy (non-hydrogen) atoms. The molecule has 1 atom stereocenters. The topological polar surface area (TPSA) is 89.0 Å². The van der Waals surface area contributed by atoms with E-state index in [9.17, 15) is 19.1 Å². The van der Waals surface area contributed by atoms with Crippen molar-refractivity contribution in [2.45, 2.75) is 26.1 Å². The number of aryl methyl sites for hydroxylation is 1. The van der Waals surface area contributed by atoms with Gasteiger partial charge in [-0.3, -0.25) is 14.6 Å². The van der Waals surface area contributed by atoms with Gasteiger partial charge in [0, 0.05) is 24.5 Å². The molecule has 1 saturated heterocycles. The van der Waals surface area contributed by atoms with Gasteiger partial charge in [-0.05, 0) is 53.4 Å². The van der Waals surface area contributed by atoms with Crippen LogP contribution in [-0.2, 0) is 22.7 Å². The normalized spacial score (nSPS) is 16.3. The molecule has 0 spiro atoms. The number of aliphatic hydroxyl groups is 1. The number of benzene rings is 3. The van der Waals surface area contributed by atoms with Gasteiger partial charge in [0.1, 0.15) is 18.2 Å². The van der Waals surface area contributed by atoms with Crippen LogP contribution in [0.4, 0.5) is 4.39 Å². The lowest BCUT2D eigenvalue weighted by Crippen LogP contribution is -2.29. The minimum atomic E-state index is -0.971. The summed E-state index contributed by atoms with van der Waals surface area (Å²) in [5.41, 5.74) is 2.54. The van der Waals surface area contributed by atoms with Crippen LogP contribution in [-0.4, -0.2) is 33.8 Å². The maximum Gasteiger partial charge on any atom is 0.295 e. The Labute approximate surface area is 231 Å². The average Bonchev–Trinajstić information content (AvgIpc) is 3.23. The summed E-state index contributed by atoms with van der Waals surface area (Å²) in [6, 6.07) is 21.5. The van der Waals surface area contributed by atoms with Crippen LogP contribution in [0.25, 0.3) is 5.76 Å². The fourth-order valence-electron chi connectivity index (χ4n) is 4.68. The molecule has 1 fully saturated rings. The molecular formula is C32H27FN2O5. The van der Waals surface area contributed by atoms with E-state index in [1.807, 2.05) is 30.3 Å². The number of ether oxygens (including phenoxy) is 2. The van der Waals surface area contributed by atoms with E-state index in [2.05, 4.69) is 4.98 Å². The quantitative estimate of drug-likeness (QED) is 0.175. The Morgan fingerprint density at radius 3 is 2.45 bits per heavy atom. The lowest BCUT2D eigenvalue weighted by molar-refractivity contribution is -0.140. The van der Waals surface area contributed by atoms with Crippen LogP contribution < -0.4 is 9.47 Å². The van der Waals surface area contributed by atoms with Crippen LogP contribution in [0, 0.1) is 12.7 Å². The van der Waals surface area contributed by atoms with Crippen LogP contribution in [0.3, 0.4) is 0 Å². The van der Waals surface area contributed by atoms with Gasteiger partial charge in [-0.15, -0.1) is 0 Å². The molecule has 1 aliphatic rings. The van der Waals surface area contributed by atoms with Gasteiger partial charge in [0.25, 0.3) is 11.7 Å². The molecule has 1 N–H and O–H groups in total. The number of nitrogens with zero attached hydrogens (tertiary/aromatic N) is 2. The smallest absolute Gasteiger partial charge is 0.295 e. The molecule has 0 saturated carbocycles. The standard InChI is InChI=1S/C32H27FN2O5/c1-20-10-11-24(15-25(20)33)30(36)28-29(35(32(38)31(28)37)18-22-9-6-14-34-17-22)23-12-13-26(27(16-23)39-2)40-19-21-7-4-3-5-8-21/h3-17,29,36H,18-19H2,1-2H3/b30-28+. The Balaban J connectivity index is 1.58. The predicted molar refractivity (Wildman–Crippen MR) is 147 cm³/mol. The summed E-state index contributed by atoms with van der Waals surface area (Å²) in [6.07, 6.45) is 3.22. The largest absolute Gasteiger partial charge is 0.507 e. The number of hydrogen-bond donors (Lipinski definition) is 1. The number of halogens is 1. The minimum Gasteiger partial charge on any atom is -0.507 e.